The summed E-state index contributed by atoms with van der Waals surface area (Å²) >= 11 is 3.40. The van der Waals surface area contributed by atoms with Crippen LogP contribution >= 0.6 is 15.9 Å². The van der Waals surface area contributed by atoms with Gasteiger partial charge in [-0.3, -0.25) is 4.79 Å². The van der Waals surface area contributed by atoms with Crippen LogP contribution in [0.1, 0.15) is 18.5 Å². The van der Waals surface area contributed by atoms with Crippen molar-refractivity contribution in [1.29, 1.82) is 0 Å². The van der Waals surface area contributed by atoms with Crippen molar-refractivity contribution in [2.45, 2.75) is 17.9 Å². The third-order valence-corrected chi connectivity index (χ3v) is 6.02. The Balaban J connectivity index is 1.91. The van der Waals surface area contributed by atoms with Crippen LogP contribution in [0.2, 0.25) is 0 Å². The minimum Gasteiger partial charge on any atom is -0.484 e. The average Bonchev–Trinajstić information content (AvgIpc) is 2.60. The molecule has 0 radical (unpaired) electrons. The number of sulfonamides is 1. The second-order valence-electron chi connectivity index (χ2n) is 5.89. The van der Waals surface area contributed by atoms with Crippen LogP contribution in [0.4, 0.5) is 0 Å². The van der Waals surface area contributed by atoms with Crippen molar-refractivity contribution in [3.63, 3.8) is 0 Å². The van der Waals surface area contributed by atoms with E-state index in [0.717, 1.165) is 14.3 Å². The Morgan fingerprint density at radius 2 is 1.85 bits per heavy atom. The number of nitrogens with zero attached hydrogens (tertiary/aromatic N) is 1. The molecule has 0 aliphatic heterocycles. The third kappa shape index (κ3) is 5.30. The summed E-state index contributed by atoms with van der Waals surface area (Å²) in [5.74, 6) is 0.162. The maximum absolute atomic E-state index is 12.1. The molecule has 0 bridgehead atoms. The van der Waals surface area contributed by atoms with Crippen molar-refractivity contribution < 1.29 is 17.9 Å². The summed E-state index contributed by atoms with van der Waals surface area (Å²) in [6.07, 6.45) is 0. The molecule has 26 heavy (non-hydrogen) atoms. The predicted molar refractivity (Wildman–Crippen MR) is 104 cm³/mol. The fourth-order valence-corrected chi connectivity index (χ4v) is 3.53. The van der Waals surface area contributed by atoms with Crippen LogP contribution < -0.4 is 10.1 Å². The molecule has 2 aromatic carbocycles. The maximum atomic E-state index is 12.1. The van der Waals surface area contributed by atoms with Crippen molar-refractivity contribution in [3.05, 3.63) is 58.6 Å². The molecule has 0 aliphatic carbocycles. The Morgan fingerprint density at radius 3 is 2.42 bits per heavy atom. The first-order valence-electron chi connectivity index (χ1n) is 7.90. The third-order valence-electron chi connectivity index (χ3n) is 3.70. The predicted octanol–water partition coefficient (Wildman–Crippen LogP) is 2.96. The fraction of sp³-hybridized carbons (Fsp3) is 0.278. The number of amides is 1. The van der Waals surface area contributed by atoms with Crippen molar-refractivity contribution >= 4 is 31.9 Å². The molecule has 1 N–H and O–H groups in total. The van der Waals surface area contributed by atoms with Crippen LogP contribution in [0.3, 0.4) is 0 Å². The molecular formula is C18H21BrN2O4S. The number of hydrogen-bond acceptors (Lipinski definition) is 4. The first kappa shape index (κ1) is 20.4. The standard InChI is InChI=1S/C18H21BrN2O4S/c1-13(14-5-4-6-15(19)11-14)20-18(22)12-25-16-7-9-17(10-8-16)26(23,24)21(2)3/h4-11,13H,12H2,1-3H3,(H,20,22). The monoisotopic (exact) mass is 440 g/mol. The number of halogens is 1. The number of benzene rings is 2. The van der Waals surface area contributed by atoms with Gasteiger partial charge in [0.15, 0.2) is 6.61 Å². The molecule has 0 saturated heterocycles. The van der Waals surface area contributed by atoms with Gasteiger partial charge in [-0.25, -0.2) is 12.7 Å². The highest BCUT2D eigenvalue weighted by atomic mass is 79.9. The van der Waals surface area contributed by atoms with Crippen LogP contribution in [0.25, 0.3) is 0 Å². The Morgan fingerprint density at radius 1 is 1.19 bits per heavy atom. The minimum absolute atomic E-state index is 0.155. The van der Waals surface area contributed by atoms with E-state index in [9.17, 15) is 13.2 Å². The van der Waals surface area contributed by atoms with Crippen molar-refractivity contribution in [1.82, 2.24) is 9.62 Å². The van der Waals surface area contributed by atoms with E-state index in [4.69, 9.17) is 4.74 Å². The highest BCUT2D eigenvalue weighted by molar-refractivity contribution is 9.10. The lowest BCUT2D eigenvalue weighted by Gasteiger charge is -2.15. The number of carbonyl (C=O) groups excluding carboxylic acids is 1. The van der Waals surface area contributed by atoms with E-state index in [-0.39, 0.29) is 23.5 Å². The quantitative estimate of drug-likeness (QED) is 0.717. The summed E-state index contributed by atoms with van der Waals surface area (Å²) < 4.78 is 31.5. The molecule has 0 fully saturated rings. The summed E-state index contributed by atoms with van der Waals surface area (Å²) in [4.78, 5) is 12.2. The second kappa shape index (κ2) is 8.66. The maximum Gasteiger partial charge on any atom is 0.258 e. The first-order chi connectivity index (χ1) is 12.2. The van der Waals surface area contributed by atoms with Gasteiger partial charge < -0.3 is 10.1 Å². The van der Waals surface area contributed by atoms with Gasteiger partial charge in [-0.15, -0.1) is 0 Å². The van der Waals surface area contributed by atoms with Gasteiger partial charge in [0, 0.05) is 18.6 Å². The Bertz CT molecular complexity index is 867. The van der Waals surface area contributed by atoms with E-state index in [0.29, 0.717) is 5.75 Å². The average molecular weight is 441 g/mol. The van der Waals surface area contributed by atoms with Gasteiger partial charge in [0.05, 0.1) is 10.9 Å². The van der Waals surface area contributed by atoms with Crippen LogP contribution in [0, 0.1) is 0 Å². The van der Waals surface area contributed by atoms with Crippen molar-refractivity contribution in [2.24, 2.45) is 0 Å². The molecular weight excluding hydrogens is 420 g/mol. The lowest BCUT2D eigenvalue weighted by Crippen LogP contribution is -2.31. The Kier molecular flexibility index (Phi) is 6.80. The molecule has 0 aromatic heterocycles. The number of carbonyl (C=O) groups is 1. The van der Waals surface area contributed by atoms with Crippen LogP contribution in [0.5, 0.6) is 5.75 Å². The molecule has 1 amide bonds. The molecule has 0 heterocycles. The van der Waals surface area contributed by atoms with Gasteiger partial charge in [0.2, 0.25) is 10.0 Å². The zero-order valence-corrected chi connectivity index (χ0v) is 17.2. The lowest BCUT2D eigenvalue weighted by atomic mass is 10.1. The highest BCUT2D eigenvalue weighted by Crippen LogP contribution is 2.19. The normalized spacial score (nSPS) is 12.7. The summed E-state index contributed by atoms with van der Waals surface area (Å²) in [5, 5.41) is 2.86. The molecule has 0 saturated carbocycles. The summed E-state index contributed by atoms with van der Waals surface area (Å²) in [6.45, 7) is 1.73. The van der Waals surface area contributed by atoms with Gasteiger partial charge in [-0.2, -0.15) is 0 Å². The van der Waals surface area contributed by atoms with Gasteiger partial charge in [0.1, 0.15) is 5.75 Å². The van der Waals surface area contributed by atoms with Crippen LogP contribution in [-0.4, -0.2) is 39.3 Å². The van der Waals surface area contributed by atoms with Gasteiger partial charge >= 0.3 is 0 Å². The number of ether oxygens (including phenoxy) is 1. The second-order valence-corrected chi connectivity index (χ2v) is 8.96. The fourth-order valence-electron chi connectivity index (χ4n) is 2.21. The number of nitrogens with one attached hydrogen (secondary N) is 1. The molecule has 8 heteroatoms. The first-order valence-corrected chi connectivity index (χ1v) is 10.1. The lowest BCUT2D eigenvalue weighted by molar-refractivity contribution is -0.123. The SMILES string of the molecule is CC(NC(=O)COc1ccc(S(=O)(=O)N(C)C)cc1)c1cccc(Br)c1. The molecule has 2 rings (SSSR count). The molecule has 1 atom stereocenters. The summed E-state index contributed by atoms with van der Waals surface area (Å²) in [7, 11) is -0.543. The molecule has 2 aromatic rings. The van der Waals surface area contributed by atoms with Crippen LogP contribution in [0.15, 0.2) is 57.9 Å². The van der Waals surface area contributed by atoms with Gasteiger partial charge in [-0.1, -0.05) is 28.1 Å². The molecule has 1 unspecified atom stereocenters. The molecule has 140 valence electrons. The van der Waals surface area contributed by atoms with E-state index < -0.39 is 10.0 Å². The van der Waals surface area contributed by atoms with Crippen molar-refractivity contribution in [3.8, 4) is 5.75 Å². The Hall–Kier alpha value is -1.90. The van der Waals surface area contributed by atoms with E-state index in [1.165, 1.54) is 38.4 Å². The van der Waals surface area contributed by atoms with E-state index in [1.807, 2.05) is 31.2 Å². The minimum atomic E-state index is -3.48. The zero-order chi connectivity index (χ0) is 19.3. The zero-order valence-electron chi connectivity index (χ0n) is 14.8. The smallest absolute Gasteiger partial charge is 0.258 e. The summed E-state index contributed by atoms with van der Waals surface area (Å²) in [6, 6.07) is 13.5. The van der Waals surface area contributed by atoms with Gasteiger partial charge in [-0.05, 0) is 48.9 Å². The highest BCUT2D eigenvalue weighted by Gasteiger charge is 2.17. The largest absolute Gasteiger partial charge is 0.484 e. The molecule has 0 aliphatic rings. The summed E-state index contributed by atoms with van der Waals surface area (Å²) in [5.41, 5.74) is 0.978. The van der Waals surface area contributed by atoms with E-state index in [2.05, 4.69) is 21.2 Å². The number of hydrogen-bond donors (Lipinski definition) is 1. The number of rotatable bonds is 7. The van der Waals surface area contributed by atoms with E-state index in [1.54, 1.807) is 0 Å². The Labute approximate surface area is 162 Å². The van der Waals surface area contributed by atoms with Gasteiger partial charge in [0.25, 0.3) is 5.91 Å². The van der Waals surface area contributed by atoms with Crippen molar-refractivity contribution in [2.75, 3.05) is 20.7 Å². The topological polar surface area (TPSA) is 75.7 Å². The molecule has 0 spiro atoms. The molecule has 6 nitrogen and oxygen atoms in total. The van der Waals surface area contributed by atoms with Crippen LogP contribution in [-0.2, 0) is 14.8 Å². The van der Waals surface area contributed by atoms with E-state index >= 15 is 0 Å².